The molecule has 4 rings (SSSR count). The van der Waals surface area contributed by atoms with Gasteiger partial charge in [0.15, 0.2) is 5.82 Å². The Morgan fingerprint density at radius 2 is 1.93 bits per heavy atom. The molecule has 3 aromatic rings. The second kappa shape index (κ2) is 7.53. The summed E-state index contributed by atoms with van der Waals surface area (Å²) in [4.78, 5) is 23.3. The normalized spacial score (nSPS) is 15.4. The summed E-state index contributed by atoms with van der Waals surface area (Å²) in [5, 5.41) is 8.61. The molecule has 4 heterocycles. The molecule has 0 spiro atoms. The van der Waals surface area contributed by atoms with Crippen LogP contribution in [0.25, 0.3) is 11.5 Å². The fourth-order valence-electron chi connectivity index (χ4n) is 3.49. The average Bonchev–Trinajstić information content (AvgIpc) is 3.35. The maximum Gasteiger partial charge on any atom is 0.272 e. The lowest BCUT2D eigenvalue weighted by atomic mass is 9.96. The summed E-state index contributed by atoms with van der Waals surface area (Å²) in [5.41, 5.74) is 2.44. The summed E-state index contributed by atoms with van der Waals surface area (Å²) in [6, 6.07) is 5.59. The molecule has 8 nitrogen and oxygen atoms in total. The zero-order chi connectivity index (χ0) is 19.7. The van der Waals surface area contributed by atoms with E-state index in [-0.39, 0.29) is 11.8 Å². The molecule has 0 aromatic carbocycles. The van der Waals surface area contributed by atoms with Gasteiger partial charge in [0.1, 0.15) is 5.69 Å². The molecular formula is C20H24N6O2. The third kappa shape index (κ3) is 3.54. The Morgan fingerprint density at radius 1 is 1.21 bits per heavy atom. The first-order chi connectivity index (χ1) is 13.5. The van der Waals surface area contributed by atoms with Crippen LogP contribution >= 0.6 is 0 Å². The van der Waals surface area contributed by atoms with Crippen molar-refractivity contribution in [2.24, 2.45) is 7.05 Å². The third-order valence-electron chi connectivity index (χ3n) is 5.23. The number of amides is 1. The second-order valence-corrected chi connectivity index (χ2v) is 7.49. The van der Waals surface area contributed by atoms with Gasteiger partial charge in [-0.3, -0.25) is 14.5 Å². The van der Waals surface area contributed by atoms with Crippen molar-refractivity contribution in [2.75, 3.05) is 13.1 Å². The minimum atomic E-state index is 0.0333. The standard InChI is InChI=1S/C20H24N6O2/c1-13(2)16-12-17(25(3)23-16)20(27)26-10-6-14(7-11-26)18-22-19(28-24-18)15-4-8-21-9-5-15/h4-5,8-9,12-14H,6-7,10-11H2,1-3H3. The van der Waals surface area contributed by atoms with Crippen LogP contribution in [0.5, 0.6) is 0 Å². The smallest absolute Gasteiger partial charge is 0.272 e. The van der Waals surface area contributed by atoms with E-state index < -0.39 is 0 Å². The van der Waals surface area contributed by atoms with Gasteiger partial charge in [0.2, 0.25) is 0 Å². The number of carbonyl (C=O) groups is 1. The Labute approximate surface area is 163 Å². The van der Waals surface area contributed by atoms with Crippen LogP contribution in [0.4, 0.5) is 0 Å². The molecule has 0 atom stereocenters. The Kier molecular flexibility index (Phi) is 4.93. The van der Waals surface area contributed by atoms with E-state index in [2.05, 4.69) is 34.1 Å². The molecule has 1 amide bonds. The number of carbonyl (C=O) groups excluding carboxylic acids is 1. The van der Waals surface area contributed by atoms with E-state index in [1.165, 1.54) is 0 Å². The van der Waals surface area contributed by atoms with Crippen LogP contribution in [0.3, 0.4) is 0 Å². The Balaban J connectivity index is 1.41. The van der Waals surface area contributed by atoms with Crippen LogP contribution in [0.1, 0.15) is 60.5 Å². The Morgan fingerprint density at radius 3 is 2.57 bits per heavy atom. The molecule has 0 saturated carbocycles. The maximum atomic E-state index is 12.9. The van der Waals surface area contributed by atoms with Gasteiger partial charge in [0, 0.05) is 44.0 Å². The number of hydrogen-bond acceptors (Lipinski definition) is 6. The summed E-state index contributed by atoms with van der Waals surface area (Å²) < 4.78 is 7.09. The summed E-state index contributed by atoms with van der Waals surface area (Å²) in [6.07, 6.45) is 5.03. The average molecular weight is 380 g/mol. The largest absolute Gasteiger partial charge is 0.337 e. The highest BCUT2D eigenvalue weighted by Crippen LogP contribution is 2.28. The zero-order valence-corrected chi connectivity index (χ0v) is 16.4. The molecule has 1 aliphatic heterocycles. The van der Waals surface area contributed by atoms with Crippen molar-refractivity contribution in [1.29, 1.82) is 0 Å². The van der Waals surface area contributed by atoms with E-state index in [1.54, 1.807) is 17.1 Å². The highest BCUT2D eigenvalue weighted by molar-refractivity contribution is 5.92. The molecule has 0 N–H and O–H groups in total. The summed E-state index contributed by atoms with van der Waals surface area (Å²) >= 11 is 0. The number of pyridine rings is 1. The molecule has 0 radical (unpaired) electrons. The fraction of sp³-hybridized carbons (Fsp3) is 0.450. The minimum absolute atomic E-state index is 0.0333. The van der Waals surface area contributed by atoms with Crippen LogP contribution in [0.15, 0.2) is 35.1 Å². The molecule has 8 heteroatoms. The number of piperidine rings is 1. The third-order valence-corrected chi connectivity index (χ3v) is 5.23. The van der Waals surface area contributed by atoms with Gasteiger partial charge in [-0.1, -0.05) is 19.0 Å². The van der Waals surface area contributed by atoms with Crippen LogP contribution in [0, 0.1) is 0 Å². The van der Waals surface area contributed by atoms with Crippen molar-refractivity contribution in [2.45, 2.75) is 38.5 Å². The molecule has 0 aliphatic carbocycles. The summed E-state index contributed by atoms with van der Waals surface area (Å²) in [7, 11) is 1.83. The van der Waals surface area contributed by atoms with Gasteiger partial charge >= 0.3 is 0 Å². The lowest BCUT2D eigenvalue weighted by Crippen LogP contribution is -2.38. The second-order valence-electron chi connectivity index (χ2n) is 7.49. The van der Waals surface area contributed by atoms with Gasteiger partial charge in [0.05, 0.1) is 5.69 Å². The van der Waals surface area contributed by atoms with Crippen LogP contribution in [-0.2, 0) is 7.05 Å². The van der Waals surface area contributed by atoms with E-state index in [9.17, 15) is 4.79 Å². The van der Waals surface area contributed by atoms with Gasteiger partial charge in [-0.25, -0.2) is 0 Å². The lowest BCUT2D eigenvalue weighted by Gasteiger charge is -2.30. The SMILES string of the molecule is CC(C)c1cc(C(=O)N2CCC(c3noc(-c4ccncc4)n3)CC2)n(C)n1. The van der Waals surface area contributed by atoms with Crippen LogP contribution in [-0.4, -0.2) is 48.8 Å². The highest BCUT2D eigenvalue weighted by Gasteiger charge is 2.29. The molecule has 28 heavy (non-hydrogen) atoms. The van der Waals surface area contributed by atoms with Crippen molar-refractivity contribution < 1.29 is 9.32 Å². The number of hydrogen-bond donors (Lipinski definition) is 0. The maximum absolute atomic E-state index is 12.9. The van der Waals surface area contributed by atoms with E-state index >= 15 is 0 Å². The first-order valence-corrected chi connectivity index (χ1v) is 9.60. The van der Waals surface area contributed by atoms with Gasteiger partial charge in [0.25, 0.3) is 11.8 Å². The molecule has 146 valence electrons. The minimum Gasteiger partial charge on any atom is -0.337 e. The van der Waals surface area contributed by atoms with Gasteiger partial charge < -0.3 is 9.42 Å². The number of aryl methyl sites for hydroxylation is 1. The van der Waals surface area contributed by atoms with Crippen molar-refractivity contribution in [1.82, 2.24) is 29.8 Å². The molecule has 1 saturated heterocycles. The summed E-state index contributed by atoms with van der Waals surface area (Å²) in [6.45, 7) is 5.50. The van der Waals surface area contributed by atoms with E-state index in [1.807, 2.05) is 30.1 Å². The van der Waals surface area contributed by atoms with Crippen LogP contribution in [0.2, 0.25) is 0 Å². The summed E-state index contributed by atoms with van der Waals surface area (Å²) in [5.74, 6) is 1.74. The van der Waals surface area contributed by atoms with Crippen molar-refractivity contribution in [3.05, 3.63) is 47.8 Å². The topological polar surface area (TPSA) is 89.9 Å². The van der Waals surface area contributed by atoms with Crippen molar-refractivity contribution in [3.8, 4) is 11.5 Å². The highest BCUT2D eigenvalue weighted by atomic mass is 16.5. The van der Waals surface area contributed by atoms with Crippen molar-refractivity contribution >= 4 is 5.91 Å². The Bertz CT molecular complexity index is 954. The molecule has 0 bridgehead atoms. The molecule has 3 aromatic heterocycles. The quantitative estimate of drug-likeness (QED) is 0.691. The van der Waals surface area contributed by atoms with E-state index in [0.717, 1.165) is 24.1 Å². The predicted octanol–water partition coefficient (Wildman–Crippen LogP) is 3.01. The fourth-order valence-corrected chi connectivity index (χ4v) is 3.49. The van der Waals surface area contributed by atoms with Crippen LogP contribution < -0.4 is 0 Å². The lowest BCUT2D eigenvalue weighted by molar-refractivity contribution is 0.0699. The first-order valence-electron chi connectivity index (χ1n) is 9.60. The number of nitrogens with zero attached hydrogens (tertiary/aromatic N) is 6. The first kappa shape index (κ1) is 18.3. The van der Waals surface area contributed by atoms with E-state index in [0.29, 0.717) is 36.4 Å². The van der Waals surface area contributed by atoms with Gasteiger partial charge in [-0.05, 0) is 37.0 Å². The molecule has 1 aliphatic rings. The predicted molar refractivity (Wildman–Crippen MR) is 103 cm³/mol. The number of rotatable bonds is 4. The molecule has 1 fully saturated rings. The zero-order valence-electron chi connectivity index (χ0n) is 16.4. The van der Waals surface area contributed by atoms with Gasteiger partial charge in [-0.15, -0.1) is 0 Å². The monoisotopic (exact) mass is 380 g/mol. The number of likely N-dealkylation sites (tertiary alicyclic amines) is 1. The molecule has 0 unspecified atom stereocenters. The Hall–Kier alpha value is -3.03. The van der Waals surface area contributed by atoms with Crippen molar-refractivity contribution in [3.63, 3.8) is 0 Å². The number of aromatic nitrogens is 5. The van der Waals surface area contributed by atoms with Gasteiger partial charge in [-0.2, -0.15) is 10.1 Å². The van der Waals surface area contributed by atoms with E-state index in [4.69, 9.17) is 4.52 Å². The molecular weight excluding hydrogens is 356 g/mol.